The Kier molecular flexibility index (Phi) is 9.35. The Morgan fingerprint density at radius 1 is 0.717 bits per heavy atom. The first kappa shape index (κ1) is 32.0. The molecule has 6 heteroatoms. The van der Waals surface area contributed by atoms with E-state index < -0.39 is 8.32 Å². The summed E-state index contributed by atoms with van der Waals surface area (Å²) >= 11 is 13.5. The van der Waals surface area contributed by atoms with Gasteiger partial charge in [-0.3, -0.25) is 4.79 Å². The summed E-state index contributed by atoms with van der Waals surface area (Å²) in [6, 6.07) is 44.7. The van der Waals surface area contributed by atoms with Gasteiger partial charge in [0, 0.05) is 45.1 Å². The van der Waals surface area contributed by atoms with E-state index in [0.717, 1.165) is 27.6 Å². The van der Waals surface area contributed by atoms with Crippen molar-refractivity contribution < 1.29 is 4.43 Å². The van der Waals surface area contributed by atoms with Crippen LogP contribution in [0, 0.1) is 0 Å². The van der Waals surface area contributed by atoms with Gasteiger partial charge >= 0.3 is 0 Å². The molecule has 0 radical (unpaired) electrons. The fourth-order valence-electron chi connectivity index (χ4n) is 6.68. The lowest BCUT2D eigenvalue weighted by atomic mass is 9.94. The van der Waals surface area contributed by atoms with E-state index >= 15 is 0 Å². The van der Waals surface area contributed by atoms with Crippen LogP contribution in [0.3, 0.4) is 0 Å². The molecule has 1 aromatic heterocycles. The first-order valence-electron chi connectivity index (χ1n) is 15.6. The van der Waals surface area contributed by atoms with Gasteiger partial charge in [-0.05, 0) is 45.2 Å². The van der Waals surface area contributed by atoms with E-state index in [-0.39, 0.29) is 10.6 Å². The number of pyridine rings is 1. The molecule has 0 unspecified atom stereocenters. The van der Waals surface area contributed by atoms with Gasteiger partial charge in [0.1, 0.15) is 0 Å². The maximum Gasteiger partial charge on any atom is 0.261 e. The normalized spacial score (nSPS) is 12.0. The molecule has 3 nitrogen and oxygen atoms in total. The molecule has 6 aromatic rings. The van der Waals surface area contributed by atoms with Gasteiger partial charge in [-0.25, -0.2) is 0 Å². The van der Waals surface area contributed by atoms with Crippen molar-refractivity contribution in [2.24, 2.45) is 0 Å². The van der Waals surface area contributed by atoms with Crippen molar-refractivity contribution in [1.29, 1.82) is 0 Å². The van der Waals surface area contributed by atoms with Gasteiger partial charge in [0.05, 0.1) is 12.1 Å². The van der Waals surface area contributed by atoms with Crippen molar-refractivity contribution in [3.05, 3.63) is 165 Å². The number of fused-ring (bicyclic) bond motifs is 1. The van der Waals surface area contributed by atoms with E-state index in [1.807, 2.05) is 89.5 Å². The monoisotopic (exact) mass is 661 g/mol. The molecule has 0 spiro atoms. The summed E-state index contributed by atoms with van der Waals surface area (Å²) < 4.78 is 9.13. The predicted molar refractivity (Wildman–Crippen MR) is 196 cm³/mol. The van der Waals surface area contributed by atoms with E-state index in [9.17, 15) is 4.79 Å². The van der Waals surface area contributed by atoms with Crippen LogP contribution in [0.5, 0.6) is 0 Å². The minimum Gasteiger partial charge on any atom is -0.407 e. The summed E-state index contributed by atoms with van der Waals surface area (Å²) in [5.74, 6) is 0. The Labute approximate surface area is 282 Å². The lowest BCUT2D eigenvalue weighted by Crippen LogP contribution is -2.66. The molecule has 1 heterocycles. The minimum atomic E-state index is -2.82. The minimum absolute atomic E-state index is 0.0559. The lowest BCUT2D eigenvalue weighted by Gasteiger charge is -2.43. The smallest absolute Gasteiger partial charge is 0.261 e. The van der Waals surface area contributed by atoms with Crippen LogP contribution < -0.4 is 15.9 Å². The number of aromatic nitrogens is 1. The van der Waals surface area contributed by atoms with Gasteiger partial charge in [-0.2, -0.15) is 0 Å². The van der Waals surface area contributed by atoms with Gasteiger partial charge in [-0.15, -0.1) is 0 Å². The molecule has 0 aliphatic rings. The molecule has 0 aliphatic carbocycles. The van der Waals surface area contributed by atoms with Crippen molar-refractivity contribution >= 4 is 52.8 Å². The Morgan fingerprint density at radius 2 is 1.28 bits per heavy atom. The maximum absolute atomic E-state index is 14.7. The highest BCUT2D eigenvalue weighted by molar-refractivity contribution is 6.99. The van der Waals surface area contributed by atoms with Gasteiger partial charge in [-0.1, -0.05) is 153 Å². The fraction of sp³-hybridized carbons (Fsp3) is 0.175. The van der Waals surface area contributed by atoms with Crippen molar-refractivity contribution in [1.82, 2.24) is 4.57 Å². The summed E-state index contributed by atoms with van der Waals surface area (Å²) in [6.45, 7) is 7.58. The molecule has 0 aliphatic heterocycles. The topological polar surface area (TPSA) is 31.2 Å². The second-order valence-electron chi connectivity index (χ2n) is 12.6. The van der Waals surface area contributed by atoms with Crippen LogP contribution in [-0.4, -0.2) is 19.5 Å². The predicted octanol–water partition coefficient (Wildman–Crippen LogP) is 9.14. The molecule has 0 amide bonds. The van der Waals surface area contributed by atoms with Gasteiger partial charge in [0.25, 0.3) is 13.9 Å². The van der Waals surface area contributed by atoms with Crippen molar-refractivity contribution in [2.45, 2.75) is 38.8 Å². The summed E-state index contributed by atoms with van der Waals surface area (Å²) in [5.41, 5.74) is 4.08. The van der Waals surface area contributed by atoms with Crippen LogP contribution in [0.2, 0.25) is 15.1 Å². The molecule has 0 saturated carbocycles. The second-order valence-corrected chi connectivity index (χ2v) is 17.8. The molecule has 0 N–H and O–H groups in total. The average molecular weight is 663 g/mol. The van der Waals surface area contributed by atoms with E-state index in [2.05, 4.69) is 69.3 Å². The molecular formula is C40H37Cl2NO2Si. The summed E-state index contributed by atoms with van der Waals surface area (Å²) in [6.07, 6.45) is 0.404. The summed E-state index contributed by atoms with van der Waals surface area (Å²) in [4.78, 5) is 14.7. The molecule has 6 rings (SSSR count). The third-order valence-electron chi connectivity index (χ3n) is 8.74. The Balaban J connectivity index is 1.54. The molecule has 0 fully saturated rings. The number of rotatable bonds is 9. The first-order valence-corrected chi connectivity index (χ1v) is 18.3. The van der Waals surface area contributed by atoms with E-state index in [1.165, 1.54) is 10.4 Å². The van der Waals surface area contributed by atoms with E-state index in [0.29, 0.717) is 35.2 Å². The summed E-state index contributed by atoms with van der Waals surface area (Å²) in [5, 5.41) is 4.28. The molecule has 46 heavy (non-hydrogen) atoms. The van der Waals surface area contributed by atoms with Crippen LogP contribution in [0.4, 0.5) is 0 Å². The maximum atomic E-state index is 14.7. The van der Waals surface area contributed by atoms with E-state index in [1.54, 1.807) is 0 Å². The fourth-order valence-corrected chi connectivity index (χ4v) is 11.6. The molecule has 5 aromatic carbocycles. The SMILES string of the molecule is CC(C)(C)[Si](OCCc1c(-c2ccccc2Cl)c2cc(Cl)ccc2n(Cc2ccccc2)c1=O)(c1ccccc1)c1ccccc1. The van der Waals surface area contributed by atoms with Crippen molar-refractivity contribution in [3.8, 4) is 11.1 Å². The first-order chi connectivity index (χ1) is 22.2. The van der Waals surface area contributed by atoms with Crippen LogP contribution in [0.25, 0.3) is 22.0 Å². The van der Waals surface area contributed by atoms with Gasteiger partial charge in [0.2, 0.25) is 0 Å². The zero-order valence-electron chi connectivity index (χ0n) is 26.3. The highest BCUT2D eigenvalue weighted by Crippen LogP contribution is 2.39. The number of benzene rings is 5. The van der Waals surface area contributed by atoms with Crippen molar-refractivity contribution in [2.75, 3.05) is 6.61 Å². The van der Waals surface area contributed by atoms with Crippen molar-refractivity contribution in [3.63, 3.8) is 0 Å². The van der Waals surface area contributed by atoms with E-state index in [4.69, 9.17) is 27.6 Å². The third-order valence-corrected chi connectivity index (χ3v) is 14.3. The molecule has 0 saturated heterocycles. The highest BCUT2D eigenvalue weighted by Gasteiger charge is 2.50. The number of hydrogen-bond donors (Lipinski definition) is 0. The van der Waals surface area contributed by atoms with Crippen LogP contribution in [-0.2, 0) is 17.4 Å². The molecular weight excluding hydrogens is 625 g/mol. The third kappa shape index (κ3) is 6.11. The molecule has 0 atom stereocenters. The number of halogens is 2. The van der Waals surface area contributed by atoms with Crippen LogP contribution >= 0.6 is 23.2 Å². The van der Waals surface area contributed by atoms with Crippen LogP contribution in [0.15, 0.2) is 138 Å². The molecule has 232 valence electrons. The Hall–Kier alpha value is -3.93. The van der Waals surface area contributed by atoms with Gasteiger partial charge < -0.3 is 8.99 Å². The average Bonchev–Trinajstić information content (AvgIpc) is 3.06. The molecule has 0 bridgehead atoms. The quantitative estimate of drug-likeness (QED) is 0.145. The Bertz CT molecular complexity index is 1980. The van der Waals surface area contributed by atoms with Crippen LogP contribution in [0.1, 0.15) is 31.9 Å². The standard InChI is InChI=1S/C40H37Cl2NO2Si/c1-40(2,3)46(31-17-9-5-10-18-31,32-19-11-6-12-20-32)45-26-25-34-38(33-21-13-14-22-36(33)42)35-27-30(41)23-24-37(35)43(39(34)44)28-29-15-7-4-8-16-29/h4-24,27H,25-26,28H2,1-3H3. The van der Waals surface area contributed by atoms with Gasteiger partial charge in [0.15, 0.2) is 0 Å². The zero-order valence-corrected chi connectivity index (χ0v) is 28.9. The number of hydrogen-bond acceptors (Lipinski definition) is 2. The zero-order chi connectivity index (χ0) is 32.3. The lowest BCUT2D eigenvalue weighted by molar-refractivity contribution is 0.301. The number of nitrogens with zero attached hydrogens (tertiary/aromatic N) is 1. The highest BCUT2D eigenvalue weighted by atomic mass is 35.5. The Morgan fingerprint density at radius 3 is 1.87 bits per heavy atom. The largest absolute Gasteiger partial charge is 0.407 e. The second kappa shape index (κ2) is 13.4. The summed E-state index contributed by atoms with van der Waals surface area (Å²) in [7, 11) is -2.82.